The molecule has 0 aliphatic carbocycles. The predicted molar refractivity (Wildman–Crippen MR) is 109 cm³/mol. The summed E-state index contributed by atoms with van der Waals surface area (Å²) in [5.74, 6) is -0.0157. The van der Waals surface area contributed by atoms with Crippen molar-refractivity contribution < 1.29 is 9.53 Å². The van der Waals surface area contributed by atoms with Gasteiger partial charge in [0.25, 0.3) is 5.91 Å². The molecule has 3 rings (SSSR count). The van der Waals surface area contributed by atoms with Crippen molar-refractivity contribution in [3.05, 3.63) is 70.8 Å². The molecule has 0 saturated heterocycles. The molecule has 4 heteroatoms. The largest absolute Gasteiger partial charge is 0.379 e. The fourth-order valence-corrected chi connectivity index (χ4v) is 3.40. The second-order valence-corrected chi connectivity index (χ2v) is 7.46. The summed E-state index contributed by atoms with van der Waals surface area (Å²) in [6.07, 6.45) is 2.18. The van der Waals surface area contributed by atoms with E-state index in [2.05, 4.69) is 46.6 Å². The van der Waals surface area contributed by atoms with Gasteiger partial charge in [0.1, 0.15) is 0 Å². The van der Waals surface area contributed by atoms with Crippen molar-refractivity contribution in [1.29, 1.82) is 0 Å². The quantitative estimate of drug-likeness (QED) is 0.723. The van der Waals surface area contributed by atoms with Crippen LogP contribution in [-0.4, -0.2) is 36.6 Å². The van der Waals surface area contributed by atoms with Crippen LogP contribution in [0.3, 0.4) is 0 Å². The topological polar surface area (TPSA) is 41.6 Å². The first-order valence-electron chi connectivity index (χ1n) is 9.89. The summed E-state index contributed by atoms with van der Waals surface area (Å²) in [4.78, 5) is 14.7. The molecule has 2 aromatic carbocycles. The number of hydrogen-bond acceptors (Lipinski definition) is 3. The van der Waals surface area contributed by atoms with Gasteiger partial charge >= 0.3 is 0 Å². The van der Waals surface area contributed by atoms with Crippen LogP contribution >= 0.6 is 0 Å². The Morgan fingerprint density at radius 3 is 2.59 bits per heavy atom. The summed E-state index contributed by atoms with van der Waals surface area (Å²) < 4.78 is 5.48. The van der Waals surface area contributed by atoms with E-state index in [0.717, 1.165) is 32.5 Å². The number of fused-ring (bicyclic) bond motifs is 1. The van der Waals surface area contributed by atoms with Crippen molar-refractivity contribution in [3.63, 3.8) is 0 Å². The van der Waals surface area contributed by atoms with Crippen molar-refractivity contribution in [3.8, 4) is 0 Å². The maximum atomic E-state index is 12.2. The van der Waals surface area contributed by atoms with Crippen LogP contribution in [0, 0.1) is 0 Å². The van der Waals surface area contributed by atoms with E-state index in [-0.39, 0.29) is 12.0 Å². The van der Waals surface area contributed by atoms with Gasteiger partial charge in [0.15, 0.2) is 0 Å². The van der Waals surface area contributed by atoms with E-state index in [4.69, 9.17) is 4.74 Å². The molecule has 1 heterocycles. The van der Waals surface area contributed by atoms with E-state index in [1.54, 1.807) is 0 Å². The highest BCUT2D eigenvalue weighted by Gasteiger charge is 2.15. The summed E-state index contributed by atoms with van der Waals surface area (Å²) in [7, 11) is 0. The van der Waals surface area contributed by atoms with Gasteiger partial charge < -0.3 is 10.1 Å². The Bertz CT molecular complexity index is 740. The Balaban J connectivity index is 1.45. The van der Waals surface area contributed by atoms with E-state index in [1.807, 2.05) is 26.0 Å². The van der Waals surface area contributed by atoms with Crippen LogP contribution in [0.1, 0.15) is 47.3 Å². The number of nitrogens with zero attached hydrogens (tertiary/aromatic N) is 1. The second kappa shape index (κ2) is 9.67. The van der Waals surface area contributed by atoms with Crippen molar-refractivity contribution in [2.75, 3.05) is 19.7 Å². The highest BCUT2D eigenvalue weighted by Crippen LogP contribution is 2.20. The molecule has 0 aromatic heterocycles. The third-order valence-electron chi connectivity index (χ3n) is 4.89. The van der Waals surface area contributed by atoms with Gasteiger partial charge in [-0.2, -0.15) is 0 Å². The first kappa shape index (κ1) is 19.6. The van der Waals surface area contributed by atoms with Gasteiger partial charge in [0, 0.05) is 38.3 Å². The van der Waals surface area contributed by atoms with Crippen LogP contribution in [0.5, 0.6) is 0 Å². The number of hydrogen-bond donors (Lipinski definition) is 1. The molecule has 27 heavy (non-hydrogen) atoms. The minimum absolute atomic E-state index is 0.0157. The molecule has 0 radical (unpaired) electrons. The molecule has 0 saturated carbocycles. The van der Waals surface area contributed by atoms with E-state index in [1.165, 1.54) is 16.7 Å². The lowest BCUT2D eigenvalue weighted by Crippen LogP contribution is -2.30. The zero-order chi connectivity index (χ0) is 19.1. The normalized spacial score (nSPS) is 14.2. The Morgan fingerprint density at radius 2 is 1.85 bits per heavy atom. The number of ether oxygens (including phenoxy) is 1. The van der Waals surface area contributed by atoms with Gasteiger partial charge in [-0.1, -0.05) is 36.4 Å². The summed E-state index contributed by atoms with van der Waals surface area (Å²) in [5.41, 5.74) is 4.87. The third kappa shape index (κ3) is 5.91. The Morgan fingerprint density at radius 1 is 1.11 bits per heavy atom. The van der Waals surface area contributed by atoms with E-state index < -0.39 is 0 Å². The maximum Gasteiger partial charge on any atom is 0.251 e. The molecule has 1 aliphatic rings. The Labute approximate surface area is 162 Å². The standard InChI is InChI=1S/C23H30N2O2/c1-18(2)27-15-5-13-24-23(26)21-10-8-19(9-11-21)16-25-14-12-20-6-3-4-7-22(20)17-25/h3-4,6-11,18H,5,12-17H2,1-2H3,(H,24,26). The van der Waals surface area contributed by atoms with Crippen LogP contribution < -0.4 is 5.32 Å². The molecular formula is C23H30N2O2. The molecule has 0 spiro atoms. The zero-order valence-electron chi connectivity index (χ0n) is 16.4. The molecule has 0 atom stereocenters. The molecule has 0 bridgehead atoms. The summed E-state index contributed by atoms with van der Waals surface area (Å²) in [6, 6.07) is 16.7. The highest BCUT2D eigenvalue weighted by atomic mass is 16.5. The minimum atomic E-state index is -0.0157. The zero-order valence-corrected chi connectivity index (χ0v) is 16.4. The summed E-state index contributed by atoms with van der Waals surface area (Å²) >= 11 is 0. The van der Waals surface area contributed by atoms with Gasteiger partial charge in [-0.05, 0) is 55.5 Å². The van der Waals surface area contributed by atoms with E-state index in [0.29, 0.717) is 18.7 Å². The van der Waals surface area contributed by atoms with Crippen LogP contribution in [0.15, 0.2) is 48.5 Å². The number of benzene rings is 2. The van der Waals surface area contributed by atoms with Gasteiger partial charge in [0.2, 0.25) is 0 Å². The monoisotopic (exact) mass is 366 g/mol. The average molecular weight is 367 g/mol. The highest BCUT2D eigenvalue weighted by molar-refractivity contribution is 5.94. The number of carbonyl (C=O) groups is 1. The van der Waals surface area contributed by atoms with Crippen LogP contribution in [-0.2, 0) is 24.2 Å². The Hall–Kier alpha value is -2.17. The van der Waals surface area contributed by atoms with E-state index in [9.17, 15) is 4.79 Å². The second-order valence-electron chi connectivity index (χ2n) is 7.46. The van der Waals surface area contributed by atoms with Crippen LogP contribution in [0.2, 0.25) is 0 Å². The predicted octanol–water partition coefficient (Wildman–Crippen LogP) is 3.79. The number of rotatable bonds is 8. The first-order valence-corrected chi connectivity index (χ1v) is 9.89. The van der Waals surface area contributed by atoms with Crippen molar-refractivity contribution in [2.24, 2.45) is 0 Å². The molecule has 1 aliphatic heterocycles. The van der Waals surface area contributed by atoms with Gasteiger partial charge in [0.05, 0.1) is 6.10 Å². The summed E-state index contributed by atoms with van der Waals surface area (Å²) in [6.45, 7) is 8.35. The lowest BCUT2D eigenvalue weighted by Gasteiger charge is -2.28. The Kier molecular flexibility index (Phi) is 7.02. The summed E-state index contributed by atoms with van der Waals surface area (Å²) in [5, 5.41) is 2.96. The smallest absolute Gasteiger partial charge is 0.251 e. The molecule has 4 nitrogen and oxygen atoms in total. The lowest BCUT2D eigenvalue weighted by atomic mass is 9.99. The minimum Gasteiger partial charge on any atom is -0.379 e. The van der Waals surface area contributed by atoms with Crippen LogP contribution in [0.4, 0.5) is 0 Å². The lowest BCUT2D eigenvalue weighted by molar-refractivity contribution is 0.0757. The number of carbonyl (C=O) groups excluding carboxylic acids is 1. The van der Waals surface area contributed by atoms with Crippen LogP contribution in [0.25, 0.3) is 0 Å². The maximum absolute atomic E-state index is 12.2. The fourth-order valence-electron chi connectivity index (χ4n) is 3.40. The molecule has 2 aromatic rings. The molecule has 144 valence electrons. The van der Waals surface area contributed by atoms with Crippen molar-refractivity contribution in [1.82, 2.24) is 10.2 Å². The molecule has 0 fully saturated rings. The van der Waals surface area contributed by atoms with Gasteiger partial charge in [-0.3, -0.25) is 9.69 Å². The average Bonchev–Trinajstić information content (AvgIpc) is 2.68. The van der Waals surface area contributed by atoms with Gasteiger partial charge in [-0.15, -0.1) is 0 Å². The molecule has 1 amide bonds. The first-order chi connectivity index (χ1) is 13.1. The molecule has 0 unspecified atom stereocenters. The fraction of sp³-hybridized carbons (Fsp3) is 0.435. The number of nitrogens with one attached hydrogen (secondary N) is 1. The SMILES string of the molecule is CC(C)OCCCNC(=O)c1ccc(CN2CCc3ccccc3C2)cc1. The third-order valence-corrected chi connectivity index (χ3v) is 4.89. The van der Waals surface area contributed by atoms with E-state index >= 15 is 0 Å². The number of amides is 1. The molecular weight excluding hydrogens is 336 g/mol. The van der Waals surface area contributed by atoms with Gasteiger partial charge in [-0.25, -0.2) is 0 Å². The molecule has 1 N–H and O–H groups in total. The van der Waals surface area contributed by atoms with Crippen molar-refractivity contribution >= 4 is 5.91 Å². The van der Waals surface area contributed by atoms with Crippen molar-refractivity contribution in [2.45, 2.75) is 45.9 Å².